The van der Waals surface area contributed by atoms with Crippen LogP contribution in [0.4, 0.5) is 0 Å². The first-order valence-corrected chi connectivity index (χ1v) is 18.9. The average Bonchev–Trinajstić information content (AvgIpc) is 3.74. The lowest BCUT2D eigenvalue weighted by molar-refractivity contribution is 0.620. The van der Waals surface area contributed by atoms with Crippen LogP contribution in [0.1, 0.15) is 0 Å². The van der Waals surface area contributed by atoms with E-state index in [4.69, 9.17) is 29.3 Å². The highest BCUT2D eigenvalue weighted by atomic mass is 16.3. The van der Waals surface area contributed by atoms with E-state index < -0.39 is 0 Å². The Morgan fingerprint density at radius 1 is 0.333 bits per heavy atom. The zero-order valence-corrected chi connectivity index (χ0v) is 30.5. The smallest absolute Gasteiger partial charge is 0.227 e. The Morgan fingerprint density at radius 2 is 0.842 bits per heavy atom. The highest BCUT2D eigenvalue weighted by Gasteiger charge is 2.19. The van der Waals surface area contributed by atoms with E-state index in [0.717, 1.165) is 77.4 Å². The summed E-state index contributed by atoms with van der Waals surface area (Å²) in [5, 5.41) is 5.42. The fourth-order valence-electron chi connectivity index (χ4n) is 7.67. The molecular formula is C51H31N5O. The van der Waals surface area contributed by atoms with Gasteiger partial charge in [-0.1, -0.05) is 152 Å². The van der Waals surface area contributed by atoms with Crippen molar-refractivity contribution in [3.05, 3.63) is 188 Å². The molecule has 266 valence electrons. The van der Waals surface area contributed by atoms with Gasteiger partial charge in [-0.3, -0.25) is 0 Å². The van der Waals surface area contributed by atoms with Crippen LogP contribution in [0.2, 0.25) is 0 Å². The summed E-state index contributed by atoms with van der Waals surface area (Å²) in [6.07, 6.45) is 0. The molecular weight excluding hydrogens is 699 g/mol. The molecule has 0 saturated carbocycles. The summed E-state index contributed by atoms with van der Waals surface area (Å²) in [5.74, 6) is 2.44. The maximum atomic E-state index is 6.39. The number of nitrogens with zero attached hydrogens (tertiary/aromatic N) is 5. The third kappa shape index (κ3) is 5.88. The van der Waals surface area contributed by atoms with E-state index in [1.54, 1.807) is 0 Å². The molecule has 0 amide bonds. The molecule has 0 fully saturated rings. The SMILES string of the molecule is c1ccc(-c2nc(-c3ccccc3)nc(-c3ccc(-c4nc5cc(-c6ccc7ccccc7c6)ccc5c5c4ccc4oc(-c6ccccc6)nc45)cc3)n2)cc1. The molecule has 8 aromatic carbocycles. The first-order valence-electron chi connectivity index (χ1n) is 18.9. The minimum absolute atomic E-state index is 0.587. The quantitative estimate of drug-likeness (QED) is 0.159. The maximum Gasteiger partial charge on any atom is 0.227 e. The molecule has 11 aromatic rings. The van der Waals surface area contributed by atoms with Crippen LogP contribution in [0.15, 0.2) is 192 Å². The predicted octanol–water partition coefficient (Wildman–Crippen LogP) is 12.9. The van der Waals surface area contributed by atoms with Crippen molar-refractivity contribution in [1.29, 1.82) is 0 Å². The van der Waals surface area contributed by atoms with Crippen molar-refractivity contribution < 1.29 is 4.42 Å². The third-order valence-electron chi connectivity index (χ3n) is 10.5. The Labute approximate surface area is 327 Å². The Kier molecular flexibility index (Phi) is 7.71. The molecule has 0 unspecified atom stereocenters. The van der Waals surface area contributed by atoms with Crippen molar-refractivity contribution in [1.82, 2.24) is 24.9 Å². The lowest BCUT2D eigenvalue weighted by atomic mass is 9.95. The molecule has 6 nitrogen and oxygen atoms in total. The zero-order valence-electron chi connectivity index (χ0n) is 30.5. The molecule has 0 saturated heterocycles. The molecule has 3 heterocycles. The van der Waals surface area contributed by atoms with Gasteiger partial charge in [0.05, 0.1) is 11.2 Å². The molecule has 0 aliphatic carbocycles. The number of rotatable bonds is 6. The highest BCUT2D eigenvalue weighted by molar-refractivity contribution is 6.21. The Bertz CT molecular complexity index is 3210. The number of oxazole rings is 1. The van der Waals surface area contributed by atoms with Gasteiger partial charge in [0.2, 0.25) is 5.89 Å². The van der Waals surface area contributed by atoms with Gasteiger partial charge in [0.15, 0.2) is 23.1 Å². The van der Waals surface area contributed by atoms with Gasteiger partial charge in [-0.05, 0) is 58.3 Å². The average molecular weight is 730 g/mol. The molecule has 0 bridgehead atoms. The van der Waals surface area contributed by atoms with Gasteiger partial charge in [0, 0.05) is 44.0 Å². The summed E-state index contributed by atoms with van der Waals surface area (Å²) in [7, 11) is 0. The van der Waals surface area contributed by atoms with E-state index in [9.17, 15) is 0 Å². The molecule has 3 aromatic heterocycles. The van der Waals surface area contributed by atoms with Crippen LogP contribution in [0.3, 0.4) is 0 Å². The van der Waals surface area contributed by atoms with Crippen molar-refractivity contribution in [3.63, 3.8) is 0 Å². The molecule has 0 atom stereocenters. The lowest BCUT2D eigenvalue weighted by Crippen LogP contribution is -2.00. The molecule has 0 N–H and O–H groups in total. The number of hydrogen-bond acceptors (Lipinski definition) is 6. The molecule has 57 heavy (non-hydrogen) atoms. The maximum absolute atomic E-state index is 6.39. The second kappa shape index (κ2) is 13.5. The molecule has 0 spiro atoms. The highest BCUT2D eigenvalue weighted by Crippen LogP contribution is 2.40. The fourth-order valence-corrected chi connectivity index (χ4v) is 7.67. The van der Waals surface area contributed by atoms with Crippen LogP contribution in [0.5, 0.6) is 0 Å². The van der Waals surface area contributed by atoms with E-state index in [1.807, 2.05) is 97.1 Å². The lowest BCUT2D eigenvalue weighted by Gasteiger charge is -2.13. The summed E-state index contributed by atoms with van der Waals surface area (Å²) >= 11 is 0. The number of fused-ring (bicyclic) bond motifs is 6. The van der Waals surface area contributed by atoms with E-state index in [1.165, 1.54) is 10.8 Å². The van der Waals surface area contributed by atoms with Crippen molar-refractivity contribution in [2.75, 3.05) is 0 Å². The summed E-state index contributed by atoms with van der Waals surface area (Å²) in [6, 6.07) is 64.1. The van der Waals surface area contributed by atoms with Crippen molar-refractivity contribution in [3.8, 4) is 68.0 Å². The minimum atomic E-state index is 0.587. The van der Waals surface area contributed by atoms with E-state index in [-0.39, 0.29) is 0 Å². The Morgan fingerprint density at radius 3 is 1.51 bits per heavy atom. The van der Waals surface area contributed by atoms with Crippen molar-refractivity contribution >= 4 is 43.5 Å². The minimum Gasteiger partial charge on any atom is -0.436 e. The van der Waals surface area contributed by atoms with E-state index >= 15 is 0 Å². The van der Waals surface area contributed by atoms with Crippen LogP contribution in [0.25, 0.3) is 112 Å². The fraction of sp³-hybridized carbons (Fsp3) is 0. The van der Waals surface area contributed by atoms with Crippen LogP contribution in [-0.4, -0.2) is 24.9 Å². The van der Waals surface area contributed by atoms with Crippen molar-refractivity contribution in [2.45, 2.75) is 0 Å². The van der Waals surface area contributed by atoms with Gasteiger partial charge in [-0.15, -0.1) is 0 Å². The summed E-state index contributed by atoms with van der Waals surface area (Å²) < 4.78 is 6.39. The predicted molar refractivity (Wildman–Crippen MR) is 230 cm³/mol. The summed E-state index contributed by atoms with van der Waals surface area (Å²) in [4.78, 5) is 25.3. The van der Waals surface area contributed by atoms with Gasteiger partial charge in [0.1, 0.15) is 5.52 Å². The second-order valence-electron chi connectivity index (χ2n) is 14.1. The molecule has 0 aliphatic rings. The number of hydrogen-bond donors (Lipinski definition) is 0. The number of aromatic nitrogens is 5. The summed E-state index contributed by atoms with van der Waals surface area (Å²) in [5.41, 5.74) is 10.1. The van der Waals surface area contributed by atoms with Crippen molar-refractivity contribution in [2.24, 2.45) is 0 Å². The zero-order chi connectivity index (χ0) is 37.7. The van der Waals surface area contributed by atoms with Crippen LogP contribution >= 0.6 is 0 Å². The first kappa shape index (κ1) is 32.6. The van der Waals surface area contributed by atoms with Crippen LogP contribution in [0, 0.1) is 0 Å². The third-order valence-corrected chi connectivity index (χ3v) is 10.5. The topological polar surface area (TPSA) is 77.6 Å². The largest absolute Gasteiger partial charge is 0.436 e. The molecule has 11 rings (SSSR count). The van der Waals surface area contributed by atoms with Crippen LogP contribution < -0.4 is 0 Å². The first-order chi connectivity index (χ1) is 28.2. The Balaban J connectivity index is 1.08. The Hall–Kier alpha value is -7.83. The molecule has 0 aliphatic heterocycles. The number of pyridine rings is 1. The molecule has 0 radical (unpaired) electrons. The monoisotopic (exact) mass is 729 g/mol. The number of benzene rings is 8. The standard InChI is InChI=1S/C51H31N5O/c1-4-13-34(14-5-1)48-54-49(35-15-6-2-7-16-35)56-50(55-48)36-23-21-33(22-24-36)46-42-28-29-44-47(53-51(57-44)37-17-8-3-9-18-37)45(42)41-27-26-40(31-43(41)52-46)39-25-20-32-12-10-11-19-38(32)30-39/h1-31H. The molecule has 6 heteroatoms. The van der Waals surface area contributed by atoms with Gasteiger partial charge in [0.25, 0.3) is 0 Å². The normalized spacial score (nSPS) is 11.5. The summed E-state index contributed by atoms with van der Waals surface area (Å²) in [6.45, 7) is 0. The second-order valence-corrected chi connectivity index (χ2v) is 14.1. The van der Waals surface area contributed by atoms with E-state index in [0.29, 0.717) is 23.4 Å². The van der Waals surface area contributed by atoms with E-state index in [2.05, 4.69) is 91.0 Å². The van der Waals surface area contributed by atoms with Crippen LogP contribution in [-0.2, 0) is 0 Å². The van der Waals surface area contributed by atoms with Gasteiger partial charge < -0.3 is 4.42 Å². The van der Waals surface area contributed by atoms with Gasteiger partial charge >= 0.3 is 0 Å². The van der Waals surface area contributed by atoms with Gasteiger partial charge in [-0.2, -0.15) is 0 Å². The van der Waals surface area contributed by atoms with Gasteiger partial charge in [-0.25, -0.2) is 24.9 Å².